The highest BCUT2D eigenvalue weighted by molar-refractivity contribution is 5.74. The number of rotatable bonds is 3. The molecule has 106 valence electrons. The number of aromatic nitrogens is 2. The second kappa shape index (κ2) is 5.90. The van der Waals surface area contributed by atoms with Crippen molar-refractivity contribution in [1.29, 1.82) is 0 Å². The molecule has 1 aliphatic heterocycles. The topological polar surface area (TPSA) is 74.5 Å². The van der Waals surface area contributed by atoms with Crippen LogP contribution < -0.4 is 10.2 Å². The Hall–Kier alpha value is -1.79. The number of amides is 2. The third kappa shape index (κ3) is 3.59. The van der Waals surface area contributed by atoms with Crippen molar-refractivity contribution in [2.24, 2.45) is 5.92 Å². The smallest absolute Gasteiger partial charge is 0.318 e. The Bertz CT molecular complexity index is 424. The van der Waals surface area contributed by atoms with Crippen molar-refractivity contribution >= 4 is 12.0 Å². The lowest BCUT2D eigenvalue weighted by Gasteiger charge is -2.33. The quantitative estimate of drug-likeness (QED) is 0.879. The molecule has 1 aromatic rings. The van der Waals surface area contributed by atoms with Gasteiger partial charge in [0.15, 0.2) is 0 Å². The Balaban J connectivity index is 1.80. The van der Waals surface area contributed by atoms with Crippen LogP contribution in [0.1, 0.15) is 19.7 Å². The molecule has 7 nitrogen and oxygen atoms in total. The lowest BCUT2D eigenvalue weighted by molar-refractivity contribution is 0.192. The fourth-order valence-electron chi connectivity index (χ4n) is 1.92. The van der Waals surface area contributed by atoms with E-state index in [4.69, 9.17) is 4.42 Å². The molecule has 1 saturated heterocycles. The van der Waals surface area contributed by atoms with Crippen LogP contribution in [0.3, 0.4) is 0 Å². The van der Waals surface area contributed by atoms with Gasteiger partial charge in [-0.15, -0.1) is 5.10 Å². The van der Waals surface area contributed by atoms with Gasteiger partial charge in [0, 0.05) is 39.6 Å². The number of nitrogens with one attached hydrogen (secondary N) is 1. The van der Waals surface area contributed by atoms with Crippen molar-refractivity contribution < 1.29 is 9.21 Å². The highest BCUT2D eigenvalue weighted by Gasteiger charge is 2.23. The molecule has 0 spiro atoms. The van der Waals surface area contributed by atoms with Gasteiger partial charge in [-0.25, -0.2) is 4.79 Å². The maximum atomic E-state index is 11.9. The molecule has 0 aromatic carbocycles. The summed E-state index contributed by atoms with van der Waals surface area (Å²) in [6, 6.07) is 0.551. The maximum absolute atomic E-state index is 11.9. The Morgan fingerprint density at radius 3 is 2.53 bits per heavy atom. The average Bonchev–Trinajstić information content (AvgIpc) is 2.83. The molecule has 1 aliphatic rings. The molecule has 2 heterocycles. The van der Waals surface area contributed by atoms with Gasteiger partial charge in [0.05, 0.1) is 0 Å². The lowest BCUT2D eigenvalue weighted by Crippen LogP contribution is -2.52. The monoisotopic (exact) mass is 267 g/mol. The summed E-state index contributed by atoms with van der Waals surface area (Å²) < 4.78 is 5.38. The number of hydrogen-bond donors (Lipinski definition) is 1. The zero-order chi connectivity index (χ0) is 13.8. The lowest BCUT2D eigenvalue weighted by atomic mass is 10.2. The van der Waals surface area contributed by atoms with E-state index in [1.165, 1.54) is 0 Å². The molecular weight excluding hydrogens is 246 g/mol. The maximum Gasteiger partial charge on any atom is 0.318 e. The number of hydrogen-bond acceptors (Lipinski definition) is 5. The van der Waals surface area contributed by atoms with Crippen LogP contribution >= 0.6 is 0 Å². The van der Waals surface area contributed by atoms with E-state index in [0.29, 0.717) is 37.5 Å². The van der Waals surface area contributed by atoms with Crippen LogP contribution in [0.15, 0.2) is 4.42 Å². The summed E-state index contributed by atoms with van der Waals surface area (Å²) in [5.41, 5.74) is 0. The molecule has 0 atom stereocenters. The predicted octanol–water partition coefficient (Wildman–Crippen LogP) is 0.866. The van der Waals surface area contributed by atoms with Crippen molar-refractivity contribution in [2.45, 2.75) is 20.8 Å². The van der Waals surface area contributed by atoms with Gasteiger partial charge in [-0.1, -0.05) is 18.9 Å². The molecule has 7 heteroatoms. The largest absolute Gasteiger partial charge is 0.408 e. The van der Waals surface area contributed by atoms with E-state index < -0.39 is 0 Å². The Labute approximate surface area is 113 Å². The molecular formula is C12H21N5O2. The van der Waals surface area contributed by atoms with E-state index in [1.54, 1.807) is 6.92 Å². The summed E-state index contributed by atoms with van der Waals surface area (Å²) in [4.78, 5) is 15.7. The molecule has 0 unspecified atom stereocenters. The number of nitrogens with zero attached hydrogens (tertiary/aromatic N) is 4. The Morgan fingerprint density at radius 2 is 2.00 bits per heavy atom. The van der Waals surface area contributed by atoms with Gasteiger partial charge < -0.3 is 19.5 Å². The first-order valence-electron chi connectivity index (χ1n) is 6.64. The molecule has 0 bridgehead atoms. The van der Waals surface area contributed by atoms with E-state index in [-0.39, 0.29) is 6.03 Å². The fourth-order valence-corrected chi connectivity index (χ4v) is 1.92. The van der Waals surface area contributed by atoms with Gasteiger partial charge in [-0.3, -0.25) is 0 Å². The van der Waals surface area contributed by atoms with E-state index in [2.05, 4.69) is 29.4 Å². The van der Waals surface area contributed by atoms with E-state index in [9.17, 15) is 4.79 Å². The first kappa shape index (κ1) is 13.6. The first-order valence-corrected chi connectivity index (χ1v) is 6.64. The van der Waals surface area contributed by atoms with Crippen LogP contribution in [0.2, 0.25) is 0 Å². The highest BCUT2D eigenvalue weighted by atomic mass is 16.4. The van der Waals surface area contributed by atoms with Gasteiger partial charge in [0.1, 0.15) is 0 Å². The van der Waals surface area contributed by atoms with Crippen LogP contribution in [0, 0.1) is 12.8 Å². The van der Waals surface area contributed by atoms with Crippen molar-refractivity contribution in [3.8, 4) is 0 Å². The van der Waals surface area contributed by atoms with Gasteiger partial charge in [-0.05, 0) is 5.92 Å². The average molecular weight is 267 g/mol. The van der Waals surface area contributed by atoms with Crippen LogP contribution in [-0.2, 0) is 0 Å². The Morgan fingerprint density at radius 1 is 1.32 bits per heavy atom. The van der Waals surface area contributed by atoms with E-state index in [0.717, 1.165) is 13.1 Å². The van der Waals surface area contributed by atoms with E-state index in [1.807, 2.05) is 9.80 Å². The number of piperazine rings is 1. The van der Waals surface area contributed by atoms with Crippen molar-refractivity contribution in [3.05, 3.63) is 5.89 Å². The van der Waals surface area contributed by atoms with Gasteiger partial charge >= 0.3 is 12.0 Å². The van der Waals surface area contributed by atoms with Crippen LogP contribution in [-0.4, -0.2) is 53.9 Å². The molecule has 0 aliphatic carbocycles. The summed E-state index contributed by atoms with van der Waals surface area (Å²) >= 11 is 0. The van der Waals surface area contributed by atoms with Gasteiger partial charge in [-0.2, -0.15) is 0 Å². The molecule has 1 fully saturated rings. The normalized spacial score (nSPS) is 16.0. The molecule has 0 saturated carbocycles. The number of carbonyl (C=O) groups is 1. The van der Waals surface area contributed by atoms with E-state index >= 15 is 0 Å². The van der Waals surface area contributed by atoms with Gasteiger partial charge in [0.2, 0.25) is 5.89 Å². The van der Waals surface area contributed by atoms with Crippen LogP contribution in [0.25, 0.3) is 0 Å². The minimum atomic E-state index is 0.00931. The second-order valence-electron chi connectivity index (χ2n) is 5.16. The first-order chi connectivity index (χ1) is 9.06. The van der Waals surface area contributed by atoms with Crippen LogP contribution in [0.4, 0.5) is 10.8 Å². The molecule has 0 radical (unpaired) electrons. The molecule has 2 amide bonds. The van der Waals surface area contributed by atoms with Crippen molar-refractivity contribution in [1.82, 2.24) is 20.4 Å². The molecule has 1 N–H and O–H groups in total. The SMILES string of the molecule is Cc1nnc(N2CCN(C(=O)NCC(C)C)CC2)o1. The minimum Gasteiger partial charge on any atom is -0.408 e. The zero-order valence-corrected chi connectivity index (χ0v) is 11.7. The Kier molecular flexibility index (Phi) is 4.24. The summed E-state index contributed by atoms with van der Waals surface area (Å²) in [5.74, 6) is 1.03. The second-order valence-corrected chi connectivity index (χ2v) is 5.16. The summed E-state index contributed by atoms with van der Waals surface area (Å²) in [7, 11) is 0. The zero-order valence-electron chi connectivity index (χ0n) is 11.7. The van der Waals surface area contributed by atoms with Crippen molar-refractivity contribution in [3.63, 3.8) is 0 Å². The number of aryl methyl sites for hydroxylation is 1. The molecule has 2 rings (SSSR count). The highest BCUT2D eigenvalue weighted by Crippen LogP contribution is 2.14. The number of carbonyl (C=O) groups excluding carboxylic acids is 1. The standard InChI is InChI=1S/C12H21N5O2/c1-9(2)8-13-11(18)16-4-6-17(7-5-16)12-15-14-10(3)19-12/h9H,4-8H2,1-3H3,(H,13,18). The minimum absolute atomic E-state index is 0.00931. The van der Waals surface area contributed by atoms with Gasteiger partial charge in [0.25, 0.3) is 0 Å². The summed E-state index contributed by atoms with van der Waals surface area (Å²) in [6.45, 7) is 9.42. The fraction of sp³-hybridized carbons (Fsp3) is 0.750. The molecule has 1 aromatic heterocycles. The predicted molar refractivity (Wildman–Crippen MR) is 71.1 cm³/mol. The van der Waals surface area contributed by atoms with Crippen molar-refractivity contribution in [2.75, 3.05) is 37.6 Å². The third-order valence-corrected chi connectivity index (χ3v) is 3.01. The summed E-state index contributed by atoms with van der Waals surface area (Å²) in [6.07, 6.45) is 0. The number of anilines is 1. The summed E-state index contributed by atoms with van der Waals surface area (Å²) in [5, 5.41) is 10.7. The number of urea groups is 1. The van der Waals surface area contributed by atoms with Crippen LogP contribution in [0.5, 0.6) is 0 Å². The third-order valence-electron chi connectivity index (χ3n) is 3.01. The molecule has 19 heavy (non-hydrogen) atoms.